The van der Waals surface area contributed by atoms with E-state index < -0.39 is 0 Å². The van der Waals surface area contributed by atoms with Crippen LogP contribution in [-0.2, 0) is 0 Å². The van der Waals surface area contributed by atoms with Crippen molar-refractivity contribution in [1.82, 2.24) is 20.1 Å². The number of hydrogen-bond acceptors (Lipinski definition) is 4. The van der Waals surface area contributed by atoms with Crippen LogP contribution in [0, 0.1) is 6.92 Å². The third kappa shape index (κ3) is 1.84. The molecule has 2 aromatic heterocycles. The fraction of sp³-hybridized carbons (Fsp3) is 0.364. The topological polar surface area (TPSA) is 61.9 Å². The lowest BCUT2D eigenvalue weighted by Crippen LogP contribution is -2.48. The number of aromatic nitrogens is 3. The highest BCUT2D eigenvalue weighted by atomic mass is 32.1. The lowest BCUT2D eigenvalue weighted by atomic mass is 9.96. The van der Waals surface area contributed by atoms with Gasteiger partial charge in [-0.05, 0) is 13.0 Å². The molecule has 0 atom stereocenters. The van der Waals surface area contributed by atoms with E-state index in [1.807, 2.05) is 23.3 Å². The number of aryl methyl sites for hydroxylation is 1. The second-order valence-corrected chi connectivity index (χ2v) is 5.23. The zero-order chi connectivity index (χ0) is 11.8. The molecule has 3 rings (SSSR count). The quantitative estimate of drug-likeness (QED) is 0.874. The van der Waals surface area contributed by atoms with Gasteiger partial charge in [0.2, 0.25) is 0 Å². The molecule has 1 saturated heterocycles. The molecule has 0 spiro atoms. The van der Waals surface area contributed by atoms with E-state index in [9.17, 15) is 4.79 Å². The Bertz CT molecular complexity index is 527. The molecular weight excluding hydrogens is 236 g/mol. The van der Waals surface area contributed by atoms with Crippen LogP contribution >= 0.6 is 11.3 Å². The molecule has 0 saturated carbocycles. The molecule has 88 valence electrons. The Kier molecular flexibility index (Phi) is 2.44. The van der Waals surface area contributed by atoms with Gasteiger partial charge in [0, 0.05) is 36.3 Å². The average molecular weight is 248 g/mol. The molecule has 0 radical (unpaired) electrons. The van der Waals surface area contributed by atoms with Crippen LogP contribution in [0.25, 0.3) is 0 Å². The minimum absolute atomic E-state index is 0.0325. The molecule has 0 aliphatic carbocycles. The summed E-state index contributed by atoms with van der Waals surface area (Å²) >= 11 is 1.51. The van der Waals surface area contributed by atoms with Crippen molar-refractivity contribution in [2.75, 3.05) is 13.1 Å². The number of likely N-dealkylation sites (tertiary alicyclic amines) is 1. The molecule has 1 aliphatic heterocycles. The summed E-state index contributed by atoms with van der Waals surface area (Å²) in [4.78, 5) is 18.0. The van der Waals surface area contributed by atoms with Crippen LogP contribution in [-0.4, -0.2) is 39.1 Å². The monoisotopic (exact) mass is 248 g/mol. The van der Waals surface area contributed by atoms with Crippen molar-refractivity contribution in [3.05, 3.63) is 34.0 Å². The van der Waals surface area contributed by atoms with E-state index in [-0.39, 0.29) is 5.91 Å². The molecule has 1 aliphatic rings. The fourth-order valence-corrected chi connectivity index (χ4v) is 2.55. The number of carbonyl (C=O) groups excluding carboxylic acids is 1. The second-order valence-electron chi connectivity index (χ2n) is 4.17. The van der Waals surface area contributed by atoms with Crippen LogP contribution in [0.15, 0.2) is 17.6 Å². The first-order valence-electron chi connectivity index (χ1n) is 5.44. The van der Waals surface area contributed by atoms with Gasteiger partial charge >= 0.3 is 0 Å². The number of rotatable bonds is 2. The van der Waals surface area contributed by atoms with E-state index >= 15 is 0 Å². The van der Waals surface area contributed by atoms with E-state index in [0.29, 0.717) is 11.6 Å². The molecule has 0 unspecified atom stereocenters. The smallest absolute Gasteiger partial charge is 0.273 e. The number of carbonyl (C=O) groups is 1. The second kappa shape index (κ2) is 3.96. The van der Waals surface area contributed by atoms with Crippen LogP contribution in [0.3, 0.4) is 0 Å². The summed E-state index contributed by atoms with van der Waals surface area (Å²) in [5.41, 5.74) is 1.67. The van der Waals surface area contributed by atoms with Gasteiger partial charge in [0.25, 0.3) is 5.91 Å². The van der Waals surface area contributed by atoms with Crippen molar-refractivity contribution in [3.63, 3.8) is 0 Å². The van der Waals surface area contributed by atoms with Gasteiger partial charge in [-0.25, -0.2) is 4.98 Å². The van der Waals surface area contributed by atoms with Crippen LogP contribution < -0.4 is 0 Å². The summed E-state index contributed by atoms with van der Waals surface area (Å²) in [5, 5.41) is 9.61. The highest BCUT2D eigenvalue weighted by Crippen LogP contribution is 2.26. The Balaban J connectivity index is 1.64. The molecule has 17 heavy (non-hydrogen) atoms. The maximum absolute atomic E-state index is 12.0. The van der Waals surface area contributed by atoms with E-state index in [1.165, 1.54) is 11.3 Å². The Morgan fingerprint density at radius 1 is 1.59 bits per heavy atom. The van der Waals surface area contributed by atoms with Crippen LogP contribution in [0.2, 0.25) is 0 Å². The van der Waals surface area contributed by atoms with E-state index in [4.69, 9.17) is 0 Å². The maximum atomic E-state index is 12.0. The number of aromatic amines is 1. The van der Waals surface area contributed by atoms with Gasteiger partial charge in [0.15, 0.2) is 0 Å². The molecule has 3 heterocycles. The largest absolute Gasteiger partial charge is 0.336 e. The SMILES string of the molecule is Cc1nc(C(=O)N2CC(c3ccn[nH]3)C2)cs1. The summed E-state index contributed by atoms with van der Waals surface area (Å²) in [6.07, 6.45) is 1.74. The van der Waals surface area contributed by atoms with Crippen molar-refractivity contribution in [2.45, 2.75) is 12.8 Å². The van der Waals surface area contributed by atoms with E-state index in [1.54, 1.807) is 6.20 Å². The third-order valence-corrected chi connectivity index (χ3v) is 3.74. The predicted octanol–water partition coefficient (Wildman–Crippen LogP) is 1.41. The Morgan fingerprint density at radius 3 is 3.00 bits per heavy atom. The zero-order valence-corrected chi connectivity index (χ0v) is 10.2. The number of hydrogen-bond donors (Lipinski definition) is 1. The van der Waals surface area contributed by atoms with Crippen molar-refractivity contribution in [2.24, 2.45) is 0 Å². The van der Waals surface area contributed by atoms with Gasteiger partial charge in [-0.15, -0.1) is 11.3 Å². The number of H-pyrrole nitrogens is 1. The molecule has 6 heteroatoms. The van der Waals surface area contributed by atoms with Crippen molar-refractivity contribution < 1.29 is 4.79 Å². The molecule has 2 aromatic rings. The number of thiazole rings is 1. The summed E-state index contributed by atoms with van der Waals surface area (Å²) in [6, 6.07) is 1.96. The van der Waals surface area contributed by atoms with Crippen molar-refractivity contribution >= 4 is 17.2 Å². The van der Waals surface area contributed by atoms with Gasteiger partial charge in [0.1, 0.15) is 5.69 Å². The lowest BCUT2D eigenvalue weighted by molar-refractivity contribution is 0.0593. The highest BCUT2D eigenvalue weighted by Gasteiger charge is 2.33. The maximum Gasteiger partial charge on any atom is 0.273 e. The summed E-state index contributed by atoms with van der Waals surface area (Å²) in [6.45, 7) is 3.40. The molecule has 0 bridgehead atoms. The minimum atomic E-state index is 0.0325. The predicted molar refractivity (Wildman–Crippen MR) is 64.1 cm³/mol. The van der Waals surface area contributed by atoms with Gasteiger partial charge in [-0.1, -0.05) is 0 Å². The number of amides is 1. The van der Waals surface area contributed by atoms with E-state index in [2.05, 4.69) is 15.2 Å². The Labute approximate surface area is 102 Å². The summed E-state index contributed by atoms with van der Waals surface area (Å²) < 4.78 is 0. The first-order valence-corrected chi connectivity index (χ1v) is 6.32. The third-order valence-electron chi connectivity index (χ3n) is 2.97. The molecule has 1 fully saturated rings. The standard InChI is InChI=1S/C11H12N4OS/c1-7-13-10(6-17-7)11(16)15-4-8(5-15)9-2-3-12-14-9/h2-3,6,8H,4-5H2,1H3,(H,12,14). The molecule has 0 aromatic carbocycles. The minimum Gasteiger partial charge on any atom is -0.336 e. The number of nitrogens with zero attached hydrogens (tertiary/aromatic N) is 3. The molecule has 1 N–H and O–H groups in total. The van der Waals surface area contributed by atoms with Crippen molar-refractivity contribution in [3.8, 4) is 0 Å². The van der Waals surface area contributed by atoms with E-state index in [0.717, 1.165) is 23.8 Å². The van der Waals surface area contributed by atoms with Crippen LogP contribution in [0.1, 0.15) is 27.1 Å². The van der Waals surface area contributed by atoms with Gasteiger partial charge in [-0.3, -0.25) is 9.89 Å². The normalized spacial score (nSPS) is 15.9. The van der Waals surface area contributed by atoms with Gasteiger partial charge in [0.05, 0.1) is 5.01 Å². The summed E-state index contributed by atoms with van der Waals surface area (Å²) in [5.74, 6) is 0.422. The number of nitrogens with one attached hydrogen (secondary N) is 1. The van der Waals surface area contributed by atoms with Crippen LogP contribution in [0.4, 0.5) is 0 Å². The fourth-order valence-electron chi connectivity index (χ4n) is 1.96. The van der Waals surface area contributed by atoms with Gasteiger partial charge in [-0.2, -0.15) is 5.10 Å². The lowest BCUT2D eigenvalue weighted by Gasteiger charge is -2.38. The van der Waals surface area contributed by atoms with Gasteiger partial charge < -0.3 is 4.90 Å². The first-order chi connectivity index (χ1) is 8.24. The molecule has 1 amide bonds. The molecule has 5 nitrogen and oxygen atoms in total. The summed E-state index contributed by atoms with van der Waals surface area (Å²) in [7, 11) is 0. The Hall–Kier alpha value is -1.69. The van der Waals surface area contributed by atoms with Crippen LogP contribution in [0.5, 0.6) is 0 Å². The Morgan fingerprint density at radius 2 is 2.41 bits per heavy atom. The molecular formula is C11H12N4OS. The first kappa shape index (κ1) is 10.5. The zero-order valence-electron chi connectivity index (χ0n) is 9.38. The highest BCUT2D eigenvalue weighted by molar-refractivity contribution is 7.09. The average Bonchev–Trinajstić information content (AvgIpc) is 2.86. The van der Waals surface area contributed by atoms with Crippen molar-refractivity contribution in [1.29, 1.82) is 0 Å².